The Morgan fingerprint density at radius 3 is 2.67 bits per heavy atom. The summed E-state index contributed by atoms with van der Waals surface area (Å²) in [4.78, 5) is 14.6. The van der Waals surface area contributed by atoms with Crippen molar-refractivity contribution in [1.82, 2.24) is 9.71 Å². The number of halogens is 1. The molecule has 0 radical (unpaired) electrons. The van der Waals surface area contributed by atoms with Crippen LogP contribution in [0.2, 0.25) is 0 Å². The number of hydrogen-bond acceptors (Lipinski definition) is 4. The third-order valence-electron chi connectivity index (χ3n) is 2.61. The molecule has 7 heteroatoms. The summed E-state index contributed by atoms with van der Waals surface area (Å²) in [5.41, 5.74) is 0.201. The van der Waals surface area contributed by atoms with Crippen LogP contribution < -0.4 is 4.72 Å². The van der Waals surface area contributed by atoms with Gasteiger partial charge in [0.1, 0.15) is 4.90 Å². The predicted molar refractivity (Wildman–Crippen MR) is 63.7 cm³/mol. The molecule has 100 valence electrons. The molecule has 1 aromatic heterocycles. The molecular formula is C11H15FN2O3S. The van der Waals surface area contributed by atoms with Crippen molar-refractivity contribution < 1.29 is 17.6 Å². The van der Waals surface area contributed by atoms with E-state index in [1.807, 2.05) is 4.72 Å². The largest absolute Gasteiger partial charge is 0.274 e. The van der Waals surface area contributed by atoms with Crippen LogP contribution in [0.4, 0.5) is 4.39 Å². The zero-order chi connectivity index (χ0) is 13.9. The number of aryl methyl sites for hydroxylation is 1. The van der Waals surface area contributed by atoms with Gasteiger partial charge in [0.25, 0.3) is 10.0 Å². The maximum atomic E-state index is 12.8. The molecule has 0 aromatic carbocycles. The van der Waals surface area contributed by atoms with Crippen LogP contribution in [-0.4, -0.2) is 19.3 Å². The summed E-state index contributed by atoms with van der Waals surface area (Å²) in [5.74, 6) is -1.76. The zero-order valence-electron chi connectivity index (χ0n) is 10.4. The molecule has 18 heavy (non-hydrogen) atoms. The van der Waals surface area contributed by atoms with Gasteiger partial charge in [-0.1, -0.05) is 13.8 Å². The van der Waals surface area contributed by atoms with Crippen LogP contribution in [0, 0.1) is 18.8 Å². The summed E-state index contributed by atoms with van der Waals surface area (Å²) >= 11 is 0. The molecule has 0 fully saturated rings. The number of carbonyl (C=O) groups is 1. The second-order valence-electron chi connectivity index (χ2n) is 4.05. The molecule has 1 aromatic rings. The smallest absolute Gasteiger partial charge is 0.265 e. The van der Waals surface area contributed by atoms with Gasteiger partial charge in [0.05, 0.1) is 6.20 Å². The average Bonchev–Trinajstić information content (AvgIpc) is 2.26. The summed E-state index contributed by atoms with van der Waals surface area (Å²) in [6.45, 7) is 4.84. The van der Waals surface area contributed by atoms with Crippen LogP contribution in [0.5, 0.6) is 0 Å². The molecule has 5 nitrogen and oxygen atoms in total. The maximum absolute atomic E-state index is 12.8. The Kier molecular flexibility index (Phi) is 4.39. The number of nitrogens with zero attached hydrogens (tertiary/aromatic N) is 1. The number of sulfonamides is 1. The van der Waals surface area contributed by atoms with Crippen molar-refractivity contribution >= 4 is 15.9 Å². The van der Waals surface area contributed by atoms with E-state index in [0.717, 1.165) is 12.3 Å². The molecule has 1 rings (SSSR count). The molecule has 0 aliphatic rings. The molecule has 0 saturated heterocycles. The molecule has 0 saturated carbocycles. The van der Waals surface area contributed by atoms with Gasteiger partial charge in [-0.15, -0.1) is 0 Å². The zero-order valence-corrected chi connectivity index (χ0v) is 11.2. The van der Waals surface area contributed by atoms with Crippen molar-refractivity contribution in [3.63, 3.8) is 0 Å². The first-order valence-electron chi connectivity index (χ1n) is 5.46. The van der Waals surface area contributed by atoms with Gasteiger partial charge in [-0.2, -0.15) is 4.39 Å². The fraction of sp³-hybridized carbons (Fsp3) is 0.455. The number of hydrogen-bond donors (Lipinski definition) is 1. The third-order valence-corrected chi connectivity index (χ3v) is 4.09. The van der Waals surface area contributed by atoms with Crippen LogP contribution in [-0.2, 0) is 14.8 Å². The van der Waals surface area contributed by atoms with Crippen LogP contribution in [0.15, 0.2) is 17.2 Å². The summed E-state index contributed by atoms with van der Waals surface area (Å²) in [5, 5.41) is 0. The number of aromatic nitrogens is 1. The Morgan fingerprint density at radius 1 is 1.56 bits per heavy atom. The molecule has 1 amide bonds. The van der Waals surface area contributed by atoms with Gasteiger partial charge in [-0.3, -0.25) is 4.79 Å². The normalized spacial score (nSPS) is 13.1. The lowest BCUT2D eigenvalue weighted by atomic mass is 10.1. The highest BCUT2D eigenvalue weighted by Crippen LogP contribution is 2.14. The van der Waals surface area contributed by atoms with Crippen molar-refractivity contribution in [1.29, 1.82) is 0 Å². The van der Waals surface area contributed by atoms with E-state index in [9.17, 15) is 17.6 Å². The quantitative estimate of drug-likeness (QED) is 0.842. The summed E-state index contributed by atoms with van der Waals surface area (Å²) < 4.78 is 38.5. The van der Waals surface area contributed by atoms with Gasteiger partial charge in [-0.05, 0) is 25.0 Å². The molecule has 0 aliphatic heterocycles. The SMILES string of the molecule is CCC(C)C(=O)NS(=O)(=O)c1cnc(F)cc1C. The molecule has 1 heterocycles. The van der Waals surface area contributed by atoms with Gasteiger partial charge in [0.15, 0.2) is 0 Å². The number of rotatable bonds is 4. The second kappa shape index (κ2) is 5.43. The van der Waals surface area contributed by atoms with Crippen molar-refractivity contribution in [2.45, 2.75) is 32.1 Å². The average molecular weight is 274 g/mol. The van der Waals surface area contributed by atoms with Crippen molar-refractivity contribution in [2.75, 3.05) is 0 Å². The lowest BCUT2D eigenvalue weighted by molar-refractivity contribution is -0.122. The number of pyridine rings is 1. The standard InChI is InChI=1S/C11H15FN2O3S/c1-4-7(2)11(15)14-18(16,17)9-6-13-10(12)5-8(9)3/h5-7H,4H2,1-3H3,(H,14,15). The lowest BCUT2D eigenvalue weighted by Crippen LogP contribution is -2.34. The van der Waals surface area contributed by atoms with E-state index < -0.39 is 27.8 Å². The highest BCUT2D eigenvalue weighted by molar-refractivity contribution is 7.90. The molecule has 0 spiro atoms. The van der Waals surface area contributed by atoms with E-state index in [1.54, 1.807) is 13.8 Å². The Balaban J connectivity index is 3.04. The first-order valence-corrected chi connectivity index (χ1v) is 6.95. The minimum atomic E-state index is -3.99. The summed E-state index contributed by atoms with van der Waals surface area (Å²) in [7, 11) is -3.99. The fourth-order valence-corrected chi connectivity index (χ4v) is 2.51. The Morgan fingerprint density at radius 2 is 2.17 bits per heavy atom. The predicted octanol–water partition coefficient (Wildman–Crippen LogP) is 1.38. The minimum Gasteiger partial charge on any atom is -0.274 e. The maximum Gasteiger partial charge on any atom is 0.265 e. The number of carbonyl (C=O) groups excluding carboxylic acids is 1. The Bertz CT molecular complexity index is 557. The van der Waals surface area contributed by atoms with Crippen LogP contribution in [0.25, 0.3) is 0 Å². The topological polar surface area (TPSA) is 76.1 Å². The highest BCUT2D eigenvalue weighted by atomic mass is 32.2. The molecule has 0 aliphatic carbocycles. The Labute approximate surface area is 105 Å². The lowest BCUT2D eigenvalue weighted by Gasteiger charge is -2.11. The van der Waals surface area contributed by atoms with Gasteiger partial charge in [0.2, 0.25) is 11.9 Å². The van der Waals surface area contributed by atoms with E-state index in [0.29, 0.717) is 6.42 Å². The number of nitrogens with one attached hydrogen (secondary N) is 1. The monoisotopic (exact) mass is 274 g/mol. The Hall–Kier alpha value is -1.50. The van der Waals surface area contributed by atoms with Crippen molar-refractivity contribution in [3.05, 3.63) is 23.8 Å². The van der Waals surface area contributed by atoms with Gasteiger partial charge >= 0.3 is 0 Å². The first kappa shape index (κ1) is 14.6. The third kappa shape index (κ3) is 3.25. The van der Waals surface area contributed by atoms with Gasteiger partial charge in [-0.25, -0.2) is 18.1 Å². The van der Waals surface area contributed by atoms with E-state index in [1.165, 1.54) is 6.92 Å². The van der Waals surface area contributed by atoms with Crippen LogP contribution >= 0.6 is 0 Å². The van der Waals surface area contributed by atoms with Crippen molar-refractivity contribution in [3.8, 4) is 0 Å². The van der Waals surface area contributed by atoms with Gasteiger partial charge in [0, 0.05) is 5.92 Å². The van der Waals surface area contributed by atoms with E-state index in [2.05, 4.69) is 4.98 Å². The molecule has 1 unspecified atom stereocenters. The van der Waals surface area contributed by atoms with E-state index in [-0.39, 0.29) is 10.5 Å². The van der Waals surface area contributed by atoms with E-state index >= 15 is 0 Å². The first-order chi connectivity index (χ1) is 8.27. The molecule has 1 N–H and O–H groups in total. The number of amides is 1. The highest BCUT2D eigenvalue weighted by Gasteiger charge is 2.22. The molecule has 1 atom stereocenters. The summed E-state index contributed by atoms with van der Waals surface area (Å²) in [6, 6.07) is 1.00. The van der Waals surface area contributed by atoms with Crippen molar-refractivity contribution in [2.24, 2.45) is 5.92 Å². The van der Waals surface area contributed by atoms with Crippen LogP contribution in [0.1, 0.15) is 25.8 Å². The summed E-state index contributed by atoms with van der Waals surface area (Å²) in [6.07, 6.45) is 1.43. The second-order valence-corrected chi connectivity index (χ2v) is 5.70. The molecular weight excluding hydrogens is 259 g/mol. The minimum absolute atomic E-state index is 0.194. The fourth-order valence-electron chi connectivity index (χ4n) is 1.26. The van der Waals surface area contributed by atoms with E-state index in [4.69, 9.17) is 0 Å². The van der Waals surface area contributed by atoms with Gasteiger partial charge < -0.3 is 0 Å². The molecule has 0 bridgehead atoms. The van der Waals surface area contributed by atoms with Crippen LogP contribution in [0.3, 0.4) is 0 Å².